The van der Waals surface area contributed by atoms with E-state index < -0.39 is 0 Å². The van der Waals surface area contributed by atoms with Crippen molar-refractivity contribution in [2.24, 2.45) is 0 Å². The molecule has 0 saturated carbocycles. The van der Waals surface area contributed by atoms with Crippen LogP contribution in [0.1, 0.15) is 27.2 Å². The summed E-state index contributed by atoms with van der Waals surface area (Å²) < 4.78 is 6.91. The second-order valence-corrected chi connectivity index (χ2v) is 6.08. The molecule has 0 spiro atoms. The molecule has 1 N–H and O–H groups in total. The van der Waals surface area contributed by atoms with Crippen molar-refractivity contribution in [2.45, 2.75) is 20.4 Å². The van der Waals surface area contributed by atoms with Crippen LogP contribution >= 0.6 is 0 Å². The number of hydrogen-bond donors (Lipinski definition) is 1. The van der Waals surface area contributed by atoms with Crippen LogP contribution in [0, 0.1) is 13.8 Å². The van der Waals surface area contributed by atoms with Gasteiger partial charge in [0.05, 0.1) is 12.4 Å². The Morgan fingerprint density at radius 1 is 1.23 bits per heavy atom. The predicted octanol–water partition coefficient (Wildman–Crippen LogP) is 2.93. The van der Waals surface area contributed by atoms with Gasteiger partial charge in [-0.2, -0.15) is 5.10 Å². The number of oxazole rings is 1. The van der Waals surface area contributed by atoms with Crippen LogP contribution in [-0.2, 0) is 6.54 Å². The number of carbonyl (C=O) groups excluding carboxylic acids is 1. The molecule has 0 fully saturated rings. The molecule has 3 aromatic heterocycles. The highest BCUT2D eigenvalue weighted by Gasteiger charge is 2.14. The molecule has 7 heteroatoms. The van der Waals surface area contributed by atoms with Gasteiger partial charge in [0, 0.05) is 24.0 Å². The van der Waals surface area contributed by atoms with E-state index in [0.717, 1.165) is 28.1 Å². The van der Waals surface area contributed by atoms with Crippen LogP contribution in [0.2, 0.25) is 0 Å². The van der Waals surface area contributed by atoms with Gasteiger partial charge in [-0.3, -0.25) is 4.79 Å². The van der Waals surface area contributed by atoms with Crippen LogP contribution < -0.4 is 5.32 Å². The molecule has 130 valence electrons. The second-order valence-electron chi connectivity index (χ2n) is 6.08. The summed E-state index contributed by atoms with van der Waals surface area (Å²) in [6.45, 7) is 4.31. The molecule has 1 amide bonds. The van der Waals surface area contributed by atoms with Gasteiger partial charge in [0.1, 0.15) is 5.56 Å². The Morgan fingerprint density at radius 3 is 2.88 bits per heavy atom. The normalized spacial score (nSPS) is 11.0. The molecule has 0 atom stereocenters. The maximum atomic E-state index is 12.5. The van der Waals surface area contributed by atoms with E-state index in [1.165, 1.54) is 12.6 Å². The number of rotatable bonds is 4. The largest absolute Gasteiger partial charge is 0.444 e. The minimum atomic E-state index is -0.197. The van der Waals surface area contributed by atoms with Crippen LogP contribution in [0.4, 0.5) is 0 Å². The number of nitrogens with zero attached hydrogens (tertiary/aromatic N) is 4. The van der Waals surface area contributed by atoms with Gasteiger partial charge in [-0.25, -0.2) is 14.5 Å². The zero-order valence-corrected chi connectivity index (χ0v) is 14.4. The lowest BCUT2D eigenvalue weighted by Gasteiger charge is -2.09. The smallest absolute Gasteiger partial charge is 0.257 e. The lowest BCUT2D eigenvalue weighted by Crippen LogP contribution is -2.23. The summed E-state index contributed by atoms with van der Waals surface area (Å²) in [7, 11) is 0. The zero-order chi connectivity index (χ0) is 18.1. The quantitative estimate of drug-likeness (QED) is 0.613. The third kappa shape index (κ3) is 2.95. The van der Waals surface area contributed by atoms with E-state index in [0.29, 0.717) is 17.8 Å². The molecule has 0 bridgehead atoms. The number of amides is 1. The molecule has 26 heavy (non-hydrogen) atoms. The number of fused-ring (bicyclic) bond motifs is 1. The number of benzene rings is 1. The minimum Gasteiger partial charge on any atom is -0.444 e. The summed E-state index contributed by atoms with van der Waals surface area (Å²) >= 11 is 0. The molecule has 0 unspecified atom stereocenters. The fourth-order valence-corrected chi connectivity index (χ4v) is 2.80. The van der Waals surface area contributed by atoms with Gasteiger partial charge < -0.3 is 9.73 Å². The molecule has 4 aromatic rings. The number of carbonyl (C=O) groups is 1. The number of aryl methyl sites for hydroxylation is 2. The summed E-state index contributed by atoms with van der Waals surface area (Å²) in [5.74, 6) is 0.522. The van der Waals surface area contributed by atoms with Crippen molar-refractivity contribution < 1.29 is 9.21 Å². The summed E-state index contributed by atoms with van der Waals surface area (Å²) in [4.78, 5) is 20.9. The van der Waals surface area contributed by atoms with E-state index in [4.69, 9.17) is 4.42 Å². The summed E-state index contributed by atoms with van der Waals surface area (Å²) in [6, 6.07) is 7.80. The Kier molecular flexibility index (Phi) is 3.96. The van der Waals surface area contributed by atoms with E-state index in [1.54, 1.807) is 16.9 Å². The molecule has 7 nitrogen and oxygen atoms in total. The number of hydrogen-bond acceptors (Lipinski definition) is 5. The SMILES string of the molecule is Cc1ccn2ncc(C(=O)NCc3ccc(-c4cnco4)cc3C)c2n1. The number of nitrogens with one attached hydrogen (secondary N) is 1. The van der Waals surface area contributed by atoms with Crippen molar-refractivity contribution in [1.82, 2.24) is 24.9 Å². The number of aromatic nitrogens is 4. The Balaban J connectivity index is 1.51. The highest BCUT2D eigenvalue weighted by molar-refractivity contribution is 5.99. The molecular formula is C19H17N5O2. The Morgan fingerprint density at radius 2 is 2.12 bits per heavy atom. The van der Waals surface area contributed by atoms with Crippen LogP contribution in [-0.4, -0.2) is 25.5 Å². The van der Waals surface area contributed by atoms with Gasteiger partial charge in [0.15, 0.2) is 17.8 Å². The first-order chi connectivity index (χ1) is 12.6. The van der Waals surface area contributed by atoms with Gasteiger partial charge >= 0.3 is 0 Å². The standard InChI is InChI=1S/C19H17N5O2/c1-12-7-14(17-10-20-11-26-17)3-4-15(12)8-21-19(25)16-9-22-24-6-5-13(2)23-18(16)24/h3-7,9-11H,8H2,1-2H3,(H,21,25). The van der Waals surface area contributed by atoms with E-state index in [9.17, 15) is 4.79 Å². The maximum Gasteiger partial charge on any atom is 0.257 e. The summed E-state index contributed by atoms with van der Waals surface area (Å²) in [5.41, 5.74) is 4.91. The third-order valence-corrected chi connectivity index (χ3v) is 4.25. The van der Waals surface area contributed by atoms with Crippen molar-refractivity contribution in [3.63, 3.8) is 0 Å². The average Bonchev–Trinajstić information content (AvgIpc) is 3.30. The highest BCUT2D eigenvalue weighted by atomic mass is 16.3. The fraction of sp³-hybridized carbons (Fsp3) is 0.158. The van der Waals surface area contributed by atoms with Crippen LogP contribution in [0.3, 0.4) is 0 Å². The molecule has 3 heterocycles. The van der Waals surface area contributed by atoms with E-state index in [-0.39, 0.29) is 5.91 Å². The van der Waals surface area contributed by atoms with E-state index >= 15 is 0 Å². The molecule has 4 rings (SSSR count). The first-order valence-electron chi connectivity index (χ1n) is 8.19. The molecule has 0 aliphatic heterocycles. The Hall–Kier alpha value is -3.48. The first kappa shape index (κ1) is 16.0. The second kappa shape index (κ2) is 6.44. The van der Waals surface area contributed by atoms with Crippen LogP contribution in [0.5, 0.6) is 0 Å². The van der Waals surface area contributed by atoms with Gasteiger partial charge in [-0.15, -0.1) is 0 Å². The van der Waals surface area contributed by atoms with Crippen molar-refractivity contribution in [3.05, 3.63) is 71.6 Å². The lowest BCUT2D eigenvalue weighted by atomic mass is 10.0. The van der Waals surface area contributed by atoms with Crippen molar-refractivity contribution in [3.8, 4) is 11.3 Å². The van der Waals surface area contributed by atoms with Crippen molar-refractivity contribution in [1.29, 1.82) is 0 Å². The van der Waals surface area contributed by atoms with Crippen LogP contribution in [0.25, 0.3) is 17.0 Å². The Labute approximate surface area is 149 Å². The average molecular weight is 347 g/mol. The summed E-state index contributed by atoms with van der Waals surface area (Å²) in [5, 5.41) is 7.11. The Bertz CT molecular complexity index is 1080. The van der Waals surface area contributed by atoms with Crippen molar-refractivity contribution >= 4 is 11.6 Å². The lowest BCUT2D eigenvalue weighted by molar-refractivity contribution is 0.0952. The fourth-order valence-electron chi connectivity index (χ4n) is 2.80. The molecular weight excluding hydrogens is 330 g/mol. The van der Waals surface area contributed by atoms with Gasteiger partial charge in [-0.05, 0) is 37.1 Å². The van der Waals surface area contributed by atoms with Gasteiger partial charge in [-0.1, -0.05) is 12.1 Å². The first-order valence-corrected chi connectivity index (χ1v) is 8.19. The van der Waals surface area contributed by atoms with Crippen LogP contribution in [0.15, 0.2) is 53.7 Å². The van der Waals surface area contributed by atoms with Crippen molar-refractivity contribution in [2.75, 3.05) is 0 Å². The minimum absolute atomic E-state index is 0.197. The molecule has 0 radical (unpaired) electrons. The third-order valence-electron chi connectivity index (χ3n) is 4.25. The van der Waals surface area contributed by atoms with Gasteiger partial charge in [0.25, 0.3) is 5.91 Å². The molecule has 0 saturated heterocycles. The monoisotopic (exact) mass is 347 g/mol. The highest BCUT2D eigenvalue weighted by Crippen LogP contribution is 2.22. The molecule has 0 aliphatic rings. The van der Waals surface area contributed by atoms with E-state index in [2.05, 4.69) is 20.4 Å². The topological polar surface area (TPSA) is 85.3 Å². The predicted molar refractivity (Wildman–Crippen MR) is 95.6 cm³/mol. The zero-order valence-electron chi connectivity index (χ0n) is 14.4. The van der Waals surface area contributed by atoms with E-state index in [1.807, 2.05) is 38.1 Å². The summed E-state index contributed by atoms with van der Waals surface area (Å²) in [6.07, 6.45) is 6.42. The molecule has 0 aliphatic carbocycles. The molecule has 1 aromatic carbocycles. The maximum absolute atomic E-state index is 12.5. The van der Waals surface area contributed by atoms with Gasteiger partial charge in [0.2, 0.25) is 0 Å².